The quantitative estimate of drug-likeness (QED) is 0.876. The molecule has 20 heavy (non-hydrogen) atoms. The normalized spacial score (nSPS) is 22.2. The van der Waals surface area contributed by atoms with Gasteiger partial charge in [0.05, 0.1) is 11.8 Å². The first kappa shape index (κ1) is 13.3. The Bertz CT molecular complexity index is 538. The van der Waals surface area contributed by atoms with Gasteiger partial charge in [-0.05, 0) is 42.5 Å². The number of hydrogen-bond donors (Lipinski definition) is 2. The Morgan fingerprint density at radius 1 is 1.30 bits per heavy atom. The predicted octanol–water partition coefficient (Wildman–Crippen LogP) is 2.12. The van der Waals surface area contributed by atoms with Crippen LogP contribution in [0, 0.1) is 5.92 Å². The van der Waals surface area contributed by atoms with Gasteiger partial charge in [0.25, 0.3) is 0 Å². The molecule has 1 saturated carbocycles. The molecule has 2 unspecified atom stereocenters. The summed E-state index contributed by atoms with van der Waals surface area (Å²) in [7, 11) is 0. The SMILES string of the molecule is OC1CCCC1CNCc1cccc(-n2cccn2)c1. The molecule has 1 aromatic heterocycles. The fraction of sp³-hybridized carbons (Fsp3) is 0.438. The molecule has 0 spiro atoms. The first-order valence-corrected chi connectivity index (χ1v) is 7.30. The van der Waals surface area contributed by atoms with Gasteiger partial charge in [0, 0.05) is 25.5 Å². The zero-order valence-corrected chi connectivity index (χ0v) is 11.6. The minimum Gasteiger partial charge on any atom is -0.393 e. The Morgan fingerprint density at radius 3 is 3.00 bits per heavy atom. The van der Waals surface area contributed by atoms with Gasteiger partial charge in [-0.2, -0.15) is 5.10 Å². The number of benzene rings is 1. The summed E-state index contributed by atoms with van der Waals surface area (Å²) in [4.78, 5) is 0. The fourth-order valence-electron chi connectivity index (χ4n) is 2.89. The third-order valence-electron chi connectivity index (χ3n) is 4.03. The lowest BCUT2D eigenvalue weighted by atomic mass is 10.1. The Balaban J connectivity index is 1.56. The van der Waals surface area contributed by atoms with E-state index in [4.69, 9.17) is 0 Å². The standard InChI is InChI=1S/C16H21N3O/c20-16-7-2-5-14(16)12-17-11-13-4-1-6-15(10-13)19-9-3-8-18-19/h1,3-4,6,8-10,14,16-17,20H,2,5,7,11-12H2. The lowest BCUT2D eigenvalue weighted by Crippen LogP contribution is -2.27. The van der Waals surface area contributed by atoms with E-state index in [1.165, 1.54) is 5.56 Å². The molecule has 1 fully saturated rings. The minimum absolute atomic E-state index is 0.113. The maximum absolute atomic E-state index is 9.80. The smallest absolute Gasteiger partial charge is 0.0648 e. The molecule has 0 saturated heterocycles. The number of nitrogens with zero attached hydrogens (tertiary/aromatic N) is 2. The van der Waals surface area contributed by atoms with Crippen LogP contribution in [0.2, 0.25) is 0 Å². The molecular formula is C16H21N3O. The second-order valence-corrected chi connectivity index (χ2v) is 5.51. The van der Waals surface area contributed by atoms with Gasteiger partial charge in [-0.1, -0.05) is 18.6 Å². The first-order chi connectivity index (χ1) is 9.83. The van der Waals surface area contributed by atoms with Gasteiger partial charge in [-0.3, -0.25) is 0 Å². The highest BCUT2D eigenvalue weighted by atomic mass is 16.3. The summed E-state index contributed by atoms with van der Waals surface area (Å²) in [6.45, 7) is 1.73. The van der Waals surface area contributed by atoms with Gasteiger partial charge >= 0.3 is 0 Å². The topological polar surface area (TPSA) is 50.1 Å². The van der Waals surface area contributed by atoms with Crippen LogP contribution in [0.1, 0.15) is 24.8 Å². The van der Waals surface area contributed by atoms with Crippen molar-refractivity contribution in [1.29, 1.82) is 0 Å². The van der Waals surface area contributed by atoms with Crippen LogP contribution in [-0.2, 0) is 6.54 Å². The summed E-state index contributed by atoms with van der Waals surface area (Å²) in [5.41, 5.74) is 2.32. The molecule has 3 rings (SSSR count). The van der Waals surface area contributed by atoms with Crippen molar-refractivity contribution in [2.24, 2.45) is 5.92 Å². The fourth-order valence-corrected chi connectivity index (χ4v) is 2.89. The van der Waals surface area contributed by atoms with Crippen molar-refractivity contribution in [3.05, 3.63) is 48.3 Å². The molecule has 1 heterocycles. The summed E-state index contributed by atoms with van der Waals surface area (Å²) in [6, 6.07) is 10.3. The van der Waals surface area contributed by atoms with E-state index in [-0.39, 0.29) is 6.10 Å². The Hall–Kier alpha value is -1.65. The summed E-state index contributed by atoms with van der Waals surface area (Å²) < 4.78 is 1.87. The molecule has 4 heteroatoms. The number of rotatable bonds is 5. The third-order valence-corrected chi connectivity index (χ3v) is 4.03. The number of aliphatic hydroxyl groups excluding tert-OH is 1. The van der Waals surface area contributed by atoms with Crippen molar-refractivity contribution in [3.63, 3.8) is 0 Å². The Morgan fingerprint density at radius 2 is 2.25 bits per heavy atom. The molecule has 0 bridgehead atoms. The van der Waals surface area contributed by atoms with Gasteiger partial charge in [-0.25, -0.2) is 4.68 Å². The van der Waals surface area contributed by atoms with Crippen molar-refractivity contribution in [2.45, 2.75) is 31.9 Å². The average Bonchev–Trinajstić information content (AvgIpc) is 3.12. The predicted molar refractivity (Wildman–Crippen MR) is 78.6 cm³/mol. The number of aromatic nitrogens is 2. The van der Waals surface area contributed by atoms with Gasteiger partial charge in [0.1, 0.15) is 0 Å². The van der Waals surface area contributed by atoms with Crippen LogP contribution in [0.5, 0.6) is 0 Å². The molecule has 1 aromatic carbocycles. The highest BCUT2D eigenvalue weighted by molar-refractivity contribution is 5.34. The molecule has 2 aromatic rings. The summed E-state index contributed by atoms with van der Waals surface area (Å²) in [5.74, 6) is 0.421. The molecule has 0 radical (unpaired) electrons. The maximum Gasteiger partial charge on any atom is 0.0648 e. The zero-order valence-electron chi connectivity index (χ0n) is 11.6. The summed E-state index contributed by atoms with van der Waals surface area (Å²) >= 11 is 0. The molecule has 106 valence electrons. The number of hydrogen-bond acceptors (Lipinski definition) is 3. The minimum atomic E-state index is -0.113. The largest absolute Gasteiger partial charge is 0.393 e. The van der Waals surface area contributed by atoms with Crippen molar-refractivity contribution in [3.8, 4) is 5.69 Å². The maximum atomic E-state index is 9.80. The lowest BCUT2D eigenvalue weighted by molar-refractivity contribution is 0.131. The van der Waals surface area contributed by atoms with Crippen LogP contribution >= 0.6 is 0 Å². The second-order valence-electron chi connectivity index (χ2n) is 5.51. The van der Waals surface area contributed by atoms with Gasteiger partial charge < -0.3 is 10.4 Å². The van der Waals surface area contributed by atoms with Gasteiger partial charge in [-0.15, -0.1) is 0 Å². The number of aliphatic hydroxyl groups is 1. The molecule has 4 nitrogen and oxygen atoms in total. The Labute approximate surface area is 119 Å². The van der Waals surface area contributed by atoms with E-state index in [2.05, 4.69) is 34.7 Å². The molecule has 1 aliphatic rings. The van der Waals surface area contributed by atoms with Crippen LogP contribution in [0.3, 0.4) is 0 Å². The van der Waals surface area contributed by atoms with E-state index in [0.29, 0.717) is 5.92 Å². The second kappa shape index (κ2) is 6.20. The molecular weight excluding hydrogens is 250 g/mol. The van der Waals surface area contributed by atoms with Crippen LogP contribution in [0.25, 0.3) is 5.69 Å². The highest BCUT2D eigenvalue weighted by Gasteiger charge is 2.24. The van der Waals surface area contributed by atoms with E-state index >= 15 is 0 Å². The van der Waals surface area contributed by atoms with E-state index in [1.807, 2.05) is 16.9 Å². The van der Waals surface area contributed by atoms with E-state index in [0.717, 1.165) is 38.0 Å². The van der Waals surface area contributed by atoms with E-state index < -0.39 is 0 Å². The summed E-state index contributed by atoms with van der Waals surface area (Å²) in [5, 5.41) is 17.5. The highest BCUT2D eigenvalue weighted by Crippen LogP contribution is 2.24. The van der Waals surface area contributed by atoms with Crippen molar-refractivity contribution in [2.75, 3.05) is 6.54 Å². The molecule has 0 aliphatic heterocycles. The van der Waals surface area contributed by atoms with Crippen LogP contribution in [-0.4, -0.2) is 27.5 Å². The van der Waals surface area contributed by atoms with Gasteiger partial charge in [0.2, 0.25) is 0 Å². The molecule has 2 atom stereocenters. The van der Waals surface area contributed by atoms with Crippen LogP contribution < -0.4 is 5.32 Å². The van der Waals surface area contributed by atoms with Crippen molar-refractivity contribution < 1.29 is 5.11 Å². The molecule has 1 aliphatic carbocycles. The number of nitrogens with one attached hydrogen (secondary N) is 1. The van der Waals surface area contributed by atoms with E-state index in [1.54, 1.807) is 6.20 Å². The van der Waals surface area contributed by atoms with Gasteiger partial charge in [0.15, 0.2) is 0 Å². The molecule has 2 N–H and O–H groups in total. The van der Waals surface area contributed by atoms with Crippen LogP contribution in [0.15, 0.2) is 42.7 Å². The third kappa shape index (κ3) is 3.08. The van der Waals surface area contributed by atoms with E-state index in [9.17, 15) is 5.11 Å². The monoisotopic (exact) mass is 271 g/mol. The van der Waals surface area contributed by atoms with Crippen LogP contribution in [0.4, 0.5) is 0 Å². The van der Waals surface area contributed by atoms with Crippen molar-refractivity contribution >= 4 is 0 Å². The lowest BCUT2D eigenvalue weighted by Gasteiger charge is -2.15. The van der Waals surface area contributed by atoms with Crippen molar-refractivity contribution in [1.82, 2.24) is 15.1 Å². The first-order valence-electron chi connectivity index (χ1n) is 7.30. The Kier molecular flexibility index (Phi) is 4.14. The summed E-state index contributed by atoms with van der Waals surface area (Å²) in [6.07, 6.45) is 6.87. The average molecular weight is 271 g/mol. The molecule has 0 amide bonds. The zero-order chi connectivity index (χ0) is 13.8.